The minimum absolute atomic E-state index is 0.0753. The number of benzene rings is 1. The lowest BCUT2D eigenvalue weighted by Gasteiger charge is -2.22. The third-order valence-corrected chi connectivity index (χ3v) is 3.10. The fourth-order valence-corrected chi connectivity index (χ4v) is 1.99. The summed E-state index contributed by atoms with van der Waals surface area (Å²) in [6, 6.07) is 10.3. The lowest BCUT2D eigenvalue weighted by molar-refractivity contribution is -0.149. The van der Waals surface area contributed by atoms with Crippen LogP contribution >= 0.6 is 0 Å². The molecule has 1 rings (SSSR count). The second-order valence-electron chi connectivity index (χ2n) is 4.42. The molecule has 1 aromatic carbocycles. The molecule has 0 heterocycles. The van der Waals surface area contributed by atoms with Gasteiger partial charge in [0.05, 0.1) is 12.5 Å². The van der Waals surface area contributed by atoms with Crippen LogP contribution in [0, 0.1) is 5.92 Å². The first-order chi connectivity index (χ1) is 8.69. The molecular formula is C15H23NO2. The molecule has 18 heavy (non-hydrogen) atoms. The van der Waals surface area contributed by atoms with Crippen LogP contribution in [-0.4, -0.2) is 18.6 Å². The first-order valence-corrected chi connectivity index (χ1v) is 6.63. The highest BCUT2D eigenvalue weighted by Gasteiger charge is 2.23. The van der Waals surface area contributed by atoms with Crippen molar-refractivity contribution >= 4 is 5.97 Å². The highest BCUT2D eigenvalue weighted by Crippen LogP contribution is 2.12. The minimum Gasteiger partial charge on any atom is -0.466 e. The average Bonchev–Trinajstić information content (AvgIpc) is 2.39. The molecule has 1 aromatic rings. The Labute approximate surface area is 110 Å². The lowest BCUT2D eigenvalue weighted by atomic mass is 9.98. The first-order valence-electron chi connectivity index (χ1n) is 6.63. The number of rotatable bonds is 7. The molecule has 0 spiro atoms. The van der Waals surface area contributed by atoms with Crippen molar-refractivity contribution in [2.75, 3.05) is 6.61 Å². The van der Waals surface area contributed by atoms with Gasteiger partial charge in [0.2, 0.25) is 0 Å². The van der Waals surface area contributed by atoms with E-state index >= 15 is 0 Å². The van der Waals surface area contributed by atoms with E-state index in [0.29, 0.717) is 6.61 Å². The average molecular weight is 249 g/mol. The Morgan fingerprint density at radius 3 is 2.50 bits per heavy atom. The van der Waals surface area contributed by atoms with Crippen molar-refractivity contribution in [1.82, 2.24) is 5.32 Å². The molecule has 0 saturated carbocycles. The molecule has 2 unspecified atom stereocenters. The van der Waals surface area contributed by atoms with Gasteiger partial charge in [0.15, 0.2) is 0 Å². The second-order valence-corrected chi connectivity index (χ2v) is 4.42. The predicted molar refractivity (Wildman–Crippen MR) is 73.2 cm³/mol. The van der Waals surface area contributed by atoms with E-state index in [4.69, 9.17) is 4.74 Å². The molecular weight excluding hydrogens is 226 g/mol. The number of nitrogens with one attached hydrogen (secondary N) is 1. The summed E-state index contributed by atoms with van der Waals surface area (Å²) in [4.78, 5) is 11.8. The maximum atomic E-state index is 11.8. The number of hydrogen-bond donors (Lipinski definition) is 1. The monoisotopic (exact) mass is 249 g/mol. The summed E-state index contributed by atoms with van der Waals surface area (Å²) in [5, 5.41) is 3.39. The number of carbonyl (C=O) groups excluding carboxylic acids is 1. The Balaban J connectivity index is 2.47. The van der Waals surface area contributed by atoms with Crippen LogP contribution < -0.4 is 5.32 Å². The van der Waals surface area contributed by atoms with E-state index < -0.39 is 0 Å². The smallest absolute Gasteiger partial charge is 0.310 e. The standard InChI is InChI=1S/C15H23NO2/c1-4-14(15(17)18-5-2)12(3)16-11-13-9-7-6-8-10-13/h6-10,12,14,16H,4-5,11H2,1-3H3. The van der Waals surface area contributed by atoms with E-state index in [1.54, 1.807) is 0 Å². The summed E-state index contributed by atoms with van der Waals surface area (Å²) in [6.45, 7) is 7.11. The molecule has 0 aliphatic rings. The minimum atomic E-state index is -0.104. The number of ether oxygens (including phenoxy) is 1. The summed E-state index contributed by atoms with van der Waals surface area (Å²) >= 11 is 0. The van der Waals surface area contributed by atoms with E-state index in [-0.39, 0.29) is 17.9 Å². The highest BCUT2D eigenvalue weighted by molar-refractivity contribution is 5.73. The Morgan fingerprint density at radius 1 is 1.28 bits per heavy atom. The van der Waals surface area contributed by atoms with E-state index in [1.807, 2.05) is 39.0 Å². The molecule has 0 aromatic heterocycles. The van der Waals surface area contributed by atoms with Crippen molar-refractivity contribution in [2.24, 2.45) is 5.92 Å². The van der Waals surface area contributed by atoms with Crippen molar-refractivity contribution in [2.45, 2.75) is 39.8 Å². The lowest BCUT2D eigenvalue weighted by Crippen LogP contribution is -2.38. The summed E-state index contributed by atoms with van der Waals surface area (Å²) in [7, 11) is 0. The van der Waals surface area contributed by atoms with E-state index in [2.05, 4.69) is 17.4 Å². The Kier molecular flexibility index (Phi) is 6.44. The van der Waals surface area contributed by atoms with E-state index in [0.717, 1.165) is 13.0 Å². The normalized spacial score (nSPS) is 13.9. The zero-order chi connectivity index (χ0) is 13.4. The molecule has 0 amide bonds. The molecule has 0 saturated heterocycles. The summed E-state index contributed by atoms with van der Waals surface area (Å²) < 4.78 is 5.09. The Morgan fingerprint density at radius 2 is 1.94 bits per heavy atom. The highest BCUT2D eigenvalue weighted by atomic mass is 16.5. The van der Waals surface area contributed by atoms with Gasteiger partial charge in [0.1, 0.15) is 0 Å². The van der Waals surface area contributed by atoms with Crippen molar-refractivity contribution < 1.29 is 9.53 Å². The molecule has 2 atom stereocenters. The van der Waals surface area contributed by atoms with Gasteiger partial charge in [-0.3, -0.25) is 4.79 Å². The second kappa shape index (κ2) is 7.88. The third-order valence-electron chi connectivity index (χ3n) is 3.10. The van der Waals surface area contributed by atoms with Crippen LogP contribution in [0.2, 0.25) is 0 Å². The number of esters is 1. The van der Waals surface area contributed by atoms with Gasteiger partial charge in [-0.05, 0) is 25.8 Å². The van der Waals surface area contributed by atoms with Gasteiger partial charge in [-0.15, -0.1) is 0 Å². The van der Waals surface area contributed by atoms with Crippen LogP contribution in [0.3, 0.4) is 0 Å². The van der Waals surface area contributed by atoms with Crippen LogP contribution in [0.5, 0.6) is 0 Å². The Hall–Kier alpha value is -1.35. The van der Waals surface area contributed by atoms with Crippen LogP contribution in [0.25, 0.3) is 0 Å². The maximum Gasteiger partial charge on any atom is 0.310 e. The summed E-state index contributed by atoms with van der Waals surface area (Å²) in [5.74, 6) is -0.179. The zero-order valence-electron chi connectivity index (χ0n) is 11.5. The molecule has 0 radical (unpaired) electrons. The van der Waals surface area contributed by atoms with Crippen LogP contribution in [-0.2, 0) is 16.1 Å². The van der Waals surface area contributed by atoms with Gasteiger partial charge in [-0.25, -0.2) is 0 Å². The molecule has 0 fully saturated rings. The molecule has 0 bridgehead atoms. The van der Waals surface area contributed by atoms with Crippen LogP contribution in [0.4, 0.5) is 0 Å². The molecule has 3 heteroatoms. The molecule has 0 aliphatic carbocycles. The topological polar surface area (TPSA) is 38.3 Å². The largest absolute Gasteiger partial charge is 0.466 e. The predicted octanol–water partition coefficient (Wildman–Crippen LogP) is 2.75. The fraction of sp³-hybridized carbons (Fsp3) is 0.533. The van der Waals surface area contributed by atoms with Crippen LogP contribution in [0.15, 0.2) is 30.3 Å². The molecule has 3 nitrogen and oxygen atoms in total. The van der Waals surface area contributed by atoms with Gasteiger partial charge in [0.25, 0.3) is 0 Å². The van der Waals surface area contributed by atoms with Gasteiger partial charge in [0, 0.05) is 12.6 Å². The van der Waals surface area contributed by atoms with Gasteiger partial charge in [-0.1, -0.05) is 37.3 Å². The van der Waals surface area contributed by atoms with E-state index in [9.17, 15) is 4.79 Å². The number of hydrogen-bond acceptors (Lipinski definition) is 3. The van der Waals surface area contributed by atoms with Crippen molar-refractivity contribution in [1.29, 1.82) is 0 Å². The van der Waals surface area contributed by atoms with E-state index in [1.165, 1.54) is 5.56 Å². The zero-order valence-corrected chi connectivity index (χ0v) is 11.5. The van der Waals surface area contributed by atoms with Crippen molar-refractivity contribution in [3.63, 3.8) is 0 Å². The molecule has 100 valence electrons. The molecule has 1 N–H and O–H groups in total. The van der Waals surface area contributed by atoms with Crippen molar-refractivity contribution in [3.8, 4) is 0 Å². The van der Waals surface area contributed by atoms with Gasteiger partial charge in [-0.2, -0.15) is 0 Å². The SMILES string of the molecule is CCOC(=O)C(CC)C(C)NCc1ccccc1. The quantitative estimate of drug-likeness (QED) is 0.755. The van der Waals surface area contributed by atoms with Gasteiger partial charge >= 0.3 is 5.97 Å². The third kappa shape index (κ3) is 4.49. The fourth-order valence-electron chi connectivity index (χ4n) is 1.99. The summed E-state index contributed by atoms with van der Waals surface area (Å²) in [6.07, 6.45) is 0.793. The van der Waals surface area contributed by atoms with Crippen LogP contribution in [0.1, 0.15) is 32.8 Å². The number of carbonyl (C=O) groups is 1. The van der Waals surface area contributed by atoms with Gasteiger partial charge < -0.3 is 10.1 Å². The Bertz CT molecular complexity index is 351. The first kappa shape index (κ1) is 14.7. The maximum absolute atomic E-state index is 11.8. The van der Waals surface area contributed by atoms with Crippen molar-refractivity contribution in [3.05, 3.63) is 35.9 Å². The summed E-state index contributed by atoms with van der Waals surface area (Å²) in [5.41, 5.74) is 1.23. The molecule has 0 aliphatic heterocycles.